The van der Waals surface area contributed by atoms with Gasteiger partial charge in [0.1, 0.15) is 5.75 Å². The standard InChI is InChI=1S/C9H10O.C2H4O2/c10-9-5-3-8(4-6-9)7-1-2-7;1-2(3)4/h3-7,10H,1-2H2;1H3,(H,3,4). The number of hydrogen-bond acceptors (Lipinski definition) is 2. The summed E-state index contributed by atoms with van der Waals surface area (Å²) in [5, 5.41) is 16.4. The van der Waals surface area contributed by atoms with Crippen molar-refractivity contribution in [1.82, 2.24) is 0 Å². The first kappa shape index (κ1) is 10.6. The number of benzene rings is 1. The number of carboxylic acid groups (broad SMARTS) is 1. The van der Waals surface area contributed by atoms with E-state index in [0.29, 0.717) is 5.75 Å². The molecule has 1 saturated carbocycles. The van der Waals surface area contributed by atoms with Crippen LogP contribution in [0.3, 0.4) is 0 Å². The van der Waals surface area contributed by atoms with Crippen molar-refractivity contribution in [2.75, 3.05) is 0 Å². The van der Waals surface area contributed by atoms with Gasteiger partial charge in [-0.25, -0.2) is 0 Å². The van der Waals surface area contributed by atoms with Crippen molar-refractivity contribution in [2.24, 2.45) is 0 Å². The van der Waals surface area contributed by atoms with E-state index in [1.165, 1.54) is 18.4 Å². The summed E-state index contributed by atoms with van der Waals surface area (Å²) >= 11 is 0. The van der Waals surface area contributed by atoms with Gasteiger partial charge in [-0.05, 0) is 36.5 Å². The van der Waals surface area contributed by atoms with E-state index in [1.54, 1.807) is 12.1 Å². The van der Waals surface area contributed by atoms with Gasteiger partial charge in [0, 0.05) is 6.92 Å². The van der Waals surface area contributed by atoms with Crippen molar-refractivity contribution >= 4 is 5.97 Å². The summed E-state index contributed by atoms with van der Waals surface area (Å²) < 4.78 is 0. The number of hydrogen-bond donors (Lipinski definition) is 2. The van der Waals surface area contributed by atoms with Crippen LogP contribution in [0.25, 0.3) is 0 Å². The minimum atomic E-state index is -0.833. The van der Waals surface area contributed by atoms with Crippen molar-refractivity contribution in [3.63, 3.8) is 0 Å². The lowest BCUT2D eigenvalue weighted by atomic mass is 10.1. The second kappa shape index (κ2) is 4.65. The Hall–Kier alpha value is -1.51. The first-order valence-electron chi connectivity index (χ1n) is 4.58. The van der Waals surface area contributed by atoms with Crippen LogP contribution in [-0.4, -0.2) is 16.2 Å². The van der Waals surface area contributed by atoms with E-state index in [0.717, 1.165) is 12.8 Å². The maximum atomic E-state index is 9.00. The molecule has 1 aromatic carbocycles. The Morgan fingerprint density at radius 1 is 1.29 bits per heavy atom. The molecule has 0 unspecified atom stereocenters. The molecule has 2 N–H and O–H groups in total. The first-order valence-corrected chi connectivity index (χ1v) is 4.58. The van der Waals surface area contributed by atoms with Crippen molar-refractivity contribution in [2.45, 2.75) is 25.7 Å². The van der Waals surface area contributed by atoms with Crippen LogP contribution in [0, 0.1) is 0 Å². The third kappa shape index (κ3) is 3.94. The Balaban J connectivity index is 0.000000213. The van der Waals surface area contributed by atoms with Crippen LogP contribution in [-0.2, 0) is 4.79 Å². The van der Waals surface area contributed by atoms with Gasteiger partial charge in [0.05, 0.1) is 0 Å². The predicted molar refractivity (Wildman–Crippen MR) is 53.4 cm³/mol. The fraction of sp³-hybridized carbons (Fsp3) is 0.364. The van der Waals surface area contributed by atoms with Gasteiger partial charge < -0.3 is 10.2 Å². The zero-order valence-electron chi connectivity index (χ0n) is 8.10. The topological polar surface area (TPSA) is 57.5 Å². The van der Waals surface area contributed by atoms with E-state index in [4.69, 9.17) is 15.0 Å². The van der Waals surface area contributed by atoms with Crippen LogP contribution in [0.15, 0.2) is 24.3 Å². The summed E-state index contributed by atoms with van der Waals surface area (Å²) in [6, 6.07) is 7.53. The van der Waals surface area contributed by atoms with Gasteiger partial charge >= 0.3 is 0 Å². The second-order valence-corrected chi connectivity index (χ2v) is 3.38. The SMILES string of the molecule is CC(=O)O.Oc1ccc(C2CC2)cc1. The molecule has 0 spiro atoms. The molecule has 0 aromatic heterocycles. The Labute approximate surface area is 83.0 Å². The van der Waals surface area contributed by atoms with Gasteiger partial charge in [0.15, 0.2) is 0 Å². The number of phenolic OH excluding ortho intramolecular Hbond substituents is 1. The molecule has 3 heteroatoms. The summed E-state index contributed by atoms with van der Waals surface area (Å²) in [6.45, 7) is 1.08. The molecule has 3 nitrogen and oxygen atoms in total. The predicted octanol–water partition coefficient (Wildman–Crippen LogP) is 2.36. The highest BCUT2D eigenvalue weighted by Gasteiger charge is 2.22. The van der Waals surface area contributed by atoms with Crippen LogP contribution in [0.1, 0.15) is 31.2 Å². The van der Waals surface area contributed by atoms with Crippen LogP contribution in [0.4, 0.5) is 0 Å². The van der Waals surface area contributed by atoms with Crippen molar-refractivity contribution in [3.05, 3.63) is 29.8 Å². The molecule has 0 radical (unpaired) electrons. The Bertz CT molecular complexity index is 295. The highest BCUT2D eigenvalue weighted by molar-refractivity contribution is 5.62. The number of aliphatic carboxylic acids is 1. The Morgan fingerprint density at radius 2 is 1.71 bits per heavy atom. The van der Waals surface area contributed by atoms with Crippen molar-refractivity contribution < 1.29 is 15.0 Å². The molecule has 1 aliphatic carbocycles. The molecular formula is C11H14O3. The molecule has 0 aliphatic heterocycles. The normalized spacial score (nSPS) is 14.1. The molecule has 1 aromatic rings. The highest BCUT2D eigenvalue weighted by atomic mass is 16.4. The maximum absolute atomic E-state index is 9.00. The molecule has 1 aliphatic rings. The monoisotopic (exact) mass is 194 g/mol. The summed E-state index contributed by atoms with van der Waals surface area (Å²) in [5.41, 5.74) is 1.37. The number of rotatable bonds is 1. The fourth-order valence-corrected chi connectivity index (χ4v) is 1.16. The van der Waals surface area contributed by atoms with E-state index in [2.05, 4.69) is 0 Å². The average molecular weight is 194 g/mol. The quantitative estimate of drug-likeness (QED) is 0.721. The lowest BCUT2D eigenvalue weighted by Crippen LogP contribution is -1.78. The van der Waals surface area contributed by atoms with Crippen LogP contribution in [0.2, 0.25) is 0 Å². The molecule has 14 heavy (non-hydrogen) atoms. The minimum absolute atomic E-state index is 0.365. The number of carboxylic acids is 1. The van der Waals surface area contributed by atoms with Gasteiger partial charge in [-0.15, -0.1) is 0 Å². The number of aromatic hydroxyl groups is 1. The number of phenols is 1. The molecule has 1 fully saturated rings. The Morgan fingerprint density at radius 3 is 2.07 bits per heavy atom. The molecule has 76 valence electrons. The van der Waals surface area contributed by atoms with E-state index in [-0.39, 0.29) is 0 Å². The molecular weight excluding hydrogens is 180 g/mol. The fourth-order valence-electron chi connectivity index (χ4n) is 1.16. The second-order valence-electron chi connectivity index (χ2n) is 3.38. The van der Waals surface area contributed by atoms with Gasteiger partial charge in [-0.2, -0.15) is 0 Å². The van der Waals surface area contributed by atoms with Gasteiger partial charge in [0.2, 0.25) is 0 Å². The van der Waals surface area contributed by atoms with E-state index >= 15 is 0 Å². The molecule has 2 rings (SSSR count). The van der Waals surface area contributed by atoms with Gasteiger partial charge in [0.25, 0.3) is 5.97 Å². The minimum Gasteiger partial charge on any atom is -0.508 e. The zero-order valence-corrected chi connectivity index (χ0v) is 8.10. The lowest BCUT2D eigenvalue weighted by Gasteiger charge is -1.95. The lowest BCUT2D eigenvalue weighted by molar-refractivity contribution is -0.134. The third-order valence-electron chi connectivity index (χ3n) is 1.94. The summed E-state index contributed by atoms with van der Waals surface area (Å²) in [5.74, 6) is 0.324. The van der Waals surface area contributed by atoms with Gasteiger partial charge in [-0.3, -0.25) is 4.79 Å². The first-order chi connectivity index (χ1) is 6.59. The van der Waals surface area contributed by atoms with Crippen molar-refractivity contribution in [1.29, 1.82) is 0 Å². The third-order valence-corrected chi connectivity index (χ3v) is 1.94. The zero-order chi connectivity index (χ0) is 10.6. The molecule has 0 bridgehead atoms. The summed E-state index contributed by atoms with van der Waals surface area (Å²) in [4.78, 5) is 9.00. The molecule has 0 atom stereocenters. The largest absolute Gasteiger partial charge is 0.508 e. The van der Waals surface area contributed by atoms with Crippen molar-refractivity contribution in [3.8, 4) is 5.75 Å². The smallest absolute Gasteiger partial charge is 0.300 e. The van der Waals surface area contributed by atoms with Gasteiger partial charge in [-0.1, -0.05) is 12.1 Å². The van der Waals surface area contributed by atoms with E-state index in [9.17, 15) is 0 Å². The molecule has 0 heterocycles. The number of carbonyl (C=O) groups is 1. The van der Waals surface area contributed by atoms with Crippen LogP contribution >= 0.6 is 0 Å². The molecule has 0 saturated heterocycles. The van der Waals surface area contributed by atoms with Crippen LogP contribution < -0.4 is 0 Å². The summed E-state index contributed by atoms with van der Waals surface area (Å²) in [6.07, 6.45) is 2.65. The molecule has 0 amide bonds. The maximum Gasteiger partial charge on any atom is 0.300 e. The summed E-state index contributed by atoms with van der Waals surface area (Å²) in [7, 11) is 0. The average Bonchev–Trinajstić information content (AvgIpc) is 2.87. The highest BCUT2D eigenvalue weighted by Crippen LogP contribution is 2.40. The Kier molecular flexibility index (Phi) is 3.51. The van der Waals surface area contributed by atoms with Crippen LogP contribution in [0.5, 0.6) is 5.75 Å². The van der Waals surface area contributed by atoms with E-state index in [1.807, 2.05) is 12.1 Å². The van der Waals surface area contributed by atoms with E-state index < -0.39 is 5.97 Å².